The first-order chi connectivity index (χ1) is 15.0. The first kappa shape index (κ1) is 20.8. The zero-order valence-electron chi connectivity index (χ0n) is 16.6. The van der Waals surface area contributed by atoms with Crippen molar-refractivity contribution in [3.63, 3.8) is 0 Å². The molecule has 4 rings (SSSR count). The maximum absolute atomic E-state index is 12.9. The second-order valence-electron chi connectivity index (χ2n) is 6.71. The van der Waals surface area contributed by atoms with Crippen LogP contribution in [0.3, 0.4) is 0 Å². The normalized spacial score (nSPS) is 18.1. The summed E-state index contributed by atoms with van der Waals surface area (Å²) in [5.74, 6) is -0.234. The number of anilines is 1. The van der Waals surface area contributed by atoms with E-state index in [2.05, 4.69) is 15.0 Å². The molecule has 4 heterocycles. The average Bonchev–Trinajstić information content (AvgIpc) is 3.06. The Morgan fingerprint density at radius 1 is 1.06 bits per heavy atom. The van der Waals surface area contributed by atoms with Crippen LogP contribution in [-0.4, -0.2) is 75.6 Å². The Kier molecular flexibility index (Phi) is 5.85. The predicted molar refractivity (Wildman–Crippen MR) is 107 cm³/mol. The number of hydrogen-bond donors (Lipinski definition) is 0. The highest BCUT2D eigenvalue weighted by molar-refractivity contribution is 6.30. The van der Waals surface area contributed by atoms with E-state index in [1.165, 1.54) is 33.3 Å². The van der Waals surface area contributed by atoms with Crippen LogP contribution in [-0.2, 0) is 9.47 Å². The largest absolute Gasteiger partial charge is 0.450 e. The van der Waals surface area contributed by atoms with E-state index in [-0.39, 0.29) is 36.9 Å². The lowest BCUT2D eigenvalue weighted by Gasteiger charge is -2.34. The summed E-state index contributed by atoms with van der Waals surface area (Å²) in [5, 5.41) is 0.400. The monoisotopic (exact) mass is 446 g/mol. The number of aromatic nitrogens is 3. The van der Waals surface area contributed by atoms with Gasteiger partial charge in [-0.1, -0.05) is 11.6 Å². The molecule has 3 amide bonds. The Balaban J connectivity index is 1.51. The van der Waals surface area contributed by atoms with Crippen LogP contribution < -0.4 is 4.90 Å². The van der Waals surface area contributed by atoms with Gasteiger partial charge in [0.15, 0.2) is 5.69 Å². The summed E-state index contributed by atoms with van der Waals surface area (Å²) in [6.45, 7) is 3.19. The molecular formula is C19H19ClN6O5. The molecule has 1 saturated heterocycles. The van der Waals surface area contributed by atoms with Crippen molar-refractivity contribution in [3.05, 3.63) is 47.1 Å². The highest BCUT2D eigenvalue weighted by Gasteiger charge is 2.44. The van der Waals surface area contributed by atoms with E-state index < -0.39 is 24.3 Å². The van der Waals surface area contributed by atoms with E-state index in [4.69, 9.17) is 21.1 Å². The van der Waals surface area contributed by atoms with E-state index in [1.807, 2.05) is 0 Å². The van der Waals surface area contributed by atoms with Gasteiger partial charge in [0.25, 0.3) is 5.91 Å². The minimum absolute atomic E-state index is 0.0872. The van der Waals surface area contributed by atoms with Gasteiger partial charge < -0.3 is 19.3 Å². The lowest BCUT2D eigenvalue weighted by atomic mass is 10.3. The van der Waals surface area contributed by atoms with Crippen molar-refractivity contribution < 1.29 is 23.9 Å². The standard InChI is InChI=1S/C19H19ClN6O5/c1-2-30-18(28)24-7-9-25(10-8-24)19(29)31-17-15-14(21-5-6-22-15)16(27)26(17)13-4-3-12(20)11-23-13/h3-6,11,17H,2,7-10H2,1H3. The van der Waals surface area contributed by atoms with Crippen molar-refractivity contribution in [2.24, 2.45) is 0 Å². The molecular weight excluding hydrogens is 428 g/mol. The predicted octanol–water partition coefficient (Wildman–Crippen LogP) is 2.09. The van der Waals surface area contributed by atoms with E-state index >= 15 is 0 Å². The molecule has 0 aromatic carbocycles. The summed E-state index contributed by atoms with van der Waals surface area (Å²) in [7, 11) is 0. The summed E-state index contributed by atoms with van der Waals surface area (Å²) in [6, 6.07) is 3.12. The maximum atomic E-state index is 12.9. The average molecular weight is 447 g/mol. The van der Waals surface area contributed by atoms with Gasteiger partial charge in [-0.05, 0) is 19.1 Å². The first-order valence-corrected chi connectivity index (χ1v) is 10.0. The third-order valence-corrected chi connectivity index (χ3v) is 5.07. The summed E-state index contributed by atoms with van der Waals surface area (Å²) >= 11 is 5.90. The topological polar surface area (TPSA) is 118 Å². The molecule has 0 N–H and O–H groups in total. The molecule has 2 aromatic rings. The fourth-order valence-electron chi connectivity index (χ4n) is 3.34. The van der Waals surface area contributed by atoms with E-state index in [1.54, 1.807) is 19.1 Å². The van der Waals surface area contributed by atoms with Crippen LogP contribution in [0.5, 0.6) is 0 Å². The van der Waals surface area contributed by atoms with E-state index in [9.17, 15) is 14.4 Å². The van der Waals surface area contributed by atoms with Crippen LogP contribution in [0.2, 0.25) is 5.02 Å². The molecule has 2 aliphatic rings. The molecule has 1 atom stereocenters. The molecule has 162 valence electrons. The highest BCUT2D eigenvalue weighted by atomic mass is 35.5. The molecule has 0 spiro atoms. The van der Waals surface area contributed by atoms with Gasteiger partial charge in [-0.3, -0.25) is 9.78 Å². The number of rotatable bonds is 3. The summed E-state index contributed by atoms with van der Waals surface area (Å²) in [6.07, 6.45) is 2.02. The number of carbonyl (C=O) groups is 3. The maximum Gasteiger partial charge on any atom is 0.412 e. The van der Waals surface area contributed by atoms with Crippen molar-refractivity contribution in [1.29, 1.82) is 0 Å². The van der Waals surface area contributed by atoms with Gasteiger partial charge >= 0.3 is 12.2 Å². The number of piperazine rings is 1. The van der Waals surface area contributed by atoms with Crippen LogP contribution in [0.25, 0.3) is 0 Å². The first-order valence-electron chi connectivity index (χ1n) is 9.63. The molecule has 11 nitrogen and oxygen atoms in total. The van der Waals surface area contributed by atoms with Gasteiger partial charge in [0.05, 0.1) is 11.6 Å². The van der Waals surface area contributed by atoms with Crippen LogP contribution in [0.4, 0.5) is 15.4 Å². The molecule has 0 radical (unpaired) electrons. The Morgan fingerprint density at radius 3 is 2.39 bits per heavy atom. The zero-order valence-corrected chi connectivity index (χ0v) is 17.4. The number of hydrogen-bond acceptors (Lipinski definition) is 8. The number of nitrogens with zero attached hydrogens (tertiary/aromatic N) is 6. The number of ether oxygens (including phenoxy) is 2. The van der Waals surface area contributed by atoms with Crippen LogP contribution >= 0.6 is 11.6 Å². The third kappa shape index (κ3) is 4.08. The SMILES string of the molecule is CCOC(=O)N1CCN(C(=O)OC2c3nccnc3C(=O)N2c2ccc(Cl)cn2)CC1. The van der Waals surface area contributed by atoms with E-state index in [0.29, 0.717) is 18.1 Å². The van der Waals surface area contributed by atoms with Gasteiger partial charge in [-0.2, -0.15) is 0 Å². The Hall–Kier alpha value is -3.47. The van der Waals surface area contributed by atoms with Crippen molar-refractivity contribution >= 4 is 35.5 Å². The number of fused-ring (bicyclic) bond motifs is 1. The number of pyridine rings is 1. The van der Waals surface area contributed by atoms with Gasteiger partial charge in [0, 0.05) is 44.8 Å². The Morgan fingerprint density at radius 2 is 1.74 bits per heavy atom. The summed E-state index contributed by atoms with van der Waals surface area (Å²) in [5.41, 5.74) is 0.312. The lowest BCUT2D eigenvalue weighted by molar-refractivity contribution is 0.0402. The molecule has 1 fully saturated rings. The number of halogens is 1. The fraction of sp³-hybridized carbons (Fsp3) is 0.368. The van der Waals surface area contributed by atoms with Gasteiger partial charge in [-0.25, -0.2) is 24.5 Å². The Labute approximate surface area is 182 Å². The molecule has 0 saturated carbocycles. The van der Waals surface area contributed by atoms with Gasteiger partial charge in [0.1, 0.15) is 11.5 Å². The van der Waals surface area contributed by atoms with Gasteiger partial charge in [0.2, 0.25) is 6.23 Å². The van der Waals surface area contributed by atoms with Crippen molar-refractivity contribution in [2.75, 3.05) is 37.7 Å². The molecule has 2 aliphatic heterocycles. The molecule has 31 heavy (non-hydrogen) atoms. The zero-order chi connectivity index (χ0) is 22.0. The highest BCUT2D eigenvalue weighted by Crippen LogP contribution is 2.35. The Bertz CT molecular complexity index is 996. The smallest absolute Gasteiger partial charge is 0.412 e. The summed E-state index contributed by atoms with van der Waals surface area (Å²) < 4.78 is 10.7. The fourth-order valence-corrected chi connectivity index (χ4v) is 3.45. The van der Waals surface area contributed by atoms with Crippen LogP contribution in [0.15, 0.2) is 30.7 Å². The number of amides is 3. The summed E-state index contributed by atoms with van der Waals surface area (Å²) in [4.78, 5) is 54.2. The van der Waals surface area contributed by atoms with E-state index in [0.717, 1.165) is 0 Å². The molecule has 12 heteroatoms. The molecule has 2 aromatic heterocycles. The minimum Gasteiger partial charge on any atom is -0.450 e. The van der Waals surface area contributed by atoms with Crippen molar-refractivity contribution in [3.8, 4) is 0 Å². The second kappa shape index (κ2) is 8.72. The van der Waals surface area contributed by atoms with Crippen LogP contribution in [0, 0.1) is 0 Å². The molecule has 0 aliphatic carbocycles. The van der Waals surface area contributed by atoms with Crippen molar-refractivity contribution in [2.45, 2.75) is 13.2 Å². The van der Waals surface area contributed by atoms with Gasteiger partial charge in [-0.15, -0.1) is 0 Å². The van der Waals surface area contributed by atoms with Crippen LogP contribution in [0.1, 0.15) is 29.3 Å². The second-order valence-corrected chi connectivity index (χ2v) is 7.15. The number of carbonyl (C=O) groups excluding carboxylic acids is 3. The minimum atomic E-state index is -1.12. The third-order valence-electron chi connectivity index (χ3n) is 4.85. The lowest BCUT2D eigenvalue weighted by Crippen LogP contribution is -2.51. The quantitative estimate of drug-likeness (QED) is 0.703. The van der Waals surface area contributed by atoms with Crippen molar-refractivity contribution in [1.82, 2.24) is 24.8 Å². The molecule has 1 unspecified atom stereocenters. The molecule has 0 bridgehead atoms.